The predicted molar refractivity (Wildman–Crippen MR) is 50.6 cm³/mol. The molecular weight excluding hydrogens is 168 g/mol. The molecule has 0 aromatic heterocycles. The average Bonchev–Trinajstić information content (AvgIpc) is 1.97. The third kappa shape index (κ3) is 14.1. The molecule has 0 unspecified atom stereocenters. The van der Waals surface area contributed by atoms with E-state index >= 15 is 0 Å². The Morgan fingerprint density at radius 2 is 1.82 bits per heavy atom. The Labute approximate surface area is 99.3 Å². The molecule has 0 saturated carbocycles. The van der Waals surface area contributed by atoms with Gasteiger partial charge in [-0.3, -0.25) is 0 Å². The number of aliphatic hydroxyl groups excluding tert-OH is 1. The molecular formula is C8H20CaO2. The summed E-state index contributed by atoms with van der Waals surface area (Å²) < 4.78 is 5.08. The Balaban J connectivity index is 0. The molecule has 0 fully saturated rings. The summed E-state index contributed by atoms with van der Waals surface area (Å²) in [6.45, 7) is 3.63. The third-order valence-corrected chi connectivity index (χ3v) is 1.38. The van der Waals surface area contributed by atoms with Crippen molar-refractivity contribution in [3.63, 3.8) is 0 Å². The molecule has 11 heavy (non-hydrogen) atoms. The van der Waals surface area contributed by atoms with Crippen LogP contribution in [0.1, 0.15) is 32.6 Å². The normalized spacial score (nSPS) is 9.27. The van der Waals surface area contributed by atoms with Crippen molar-refractivity contribution < 1.29 is 9.84 Å². The molecule has 0 aliphatic rings. The second-order valence-electron chi connectivity index (χ2n) is 2.40. The first kappa shape index (κ1) is 14.7. The van der Waals surface area contributed by atoms with E-state index in [1.54, 1.807) is 0 Å². The van der Waals surface area contributed by atoms with E-state index in [2.05, 4.69) is 6.92 Å². The standard InChI is InChI=1S/C8H18O2.Ca.2H/c1-2-3-4-5-7-10-8-6-9;;;/h9H,2-8H2,1H3;;;. The molecule has 1 N–H and O–H groups in total. The van der Waals surface area contributed by atoms with Crippen molar-refractivity contribution in [3.05, 3.63) is 0 Å². The summed E-state index contributed by atoms with van der Waals surface area (Å²) in [5.74, 6) is 0. The van der Waals surface area contributed by atoms with E-state index in [4.69, 9.17) is 9.84 Å². The summed E-state index contributed by atoms with van der Waals surface area (Å²) in [6.07, 6.45) is 4.94. The van der Waals surface area contributed by atoms with Crippen LogP contribution in [0.4, 0.5) is 0 Å². The van der Waals surface area contributed by atoms with Crippen LogP contribution in [0.15, 0.2) is 0 Å². The fourth-order valence-corrected chi connectivity index (χ4v) is 0.798. The van der Waals surface area contributed by atoms with Crippen LogP contribution in [0.25, 0.3) is 0 Å². The summed E-state index contributed by atoms with van der Waals surface area (Å²) in [6, 6.07) is 0. The molecule has 0 spiro atoms. The molecule has 3 heteroatoms. The molecule has 66 valence electrons. The van der Waals surface area contributed by atoms with Crippen LogP contribution in [0.2, 0.25) is 0 Å². The molecule has 0 aromatic rings. The van der Waals surface area contributed by atoms with Gasteiger partial charge in [-0.25, -0.2) is 0 Å². The quantitative estimate of drug-likeness (QED) is 0.470. The van der Waals surface area contributed by atoms with Crippen molar-refractivity contribution in [2.45, 2.75) is 32.6 Å². The fraction of sp³-hybridized carbons (Fsp3) is 1.00. The zero-order valence-electron chi connectivity index (χ0n) is 6.81. The van der Waals surface area contributed by atoms with Crippen LogP contribution >= 0.6 is 0 Å². The maximum atomic E-state index is 8.34. The summed E-state index contributed by atoms with van der Waals surface area (Å²) in [4.78, 5) is 0. The van der Waals surface area contributed by atoms with Gasteiger partial charge in [-0.15, -0.1) is 0 Å². The molecule has 0 aromatic carbocycles. The van der Waals surface area contributed by atoms with Crippen LogP contribution in [-0.2, 0) is 4.74 Å². The molecule has 0 radical (unpaired) electrons. The second kappa shape index (κ2) is 13.7. The van der Waals surface area contributed by atoms with Gasteiger partial charge in [0.15, 0.2) is 0 Å². The first-order valence-corrected chi connectivity index (χ1v) is 4.10. The average molecular weight is 188 g/mol. The number of hydrogen-bond donors (Lipinski definition) is 1. The van der Waals surface area contributed by atoms with E-state index in [0.29, 0.717) is 6.61 Å². The second-order valence-corrected chi connectivity index (χ2v) is 2.40. The van der Waals surface area contributed by atoms with Gasteiger partial charge < -0.3 is 9.84 Å². The monoisotopic (exact) mass is 188 g/mol. The van der Waals surface area contributed by atoms with Gasteiger partial charge in [0.25, 0.3) is 0 Å². The van der Waals surface area contributed by atoms with Crippen molar-refractivity contribution >= 4 is 37.7 Å². The molecule has 0 bridgehead atoms. The topological polar surface area (TPSA) is 29.5 Å². The SMILES string of the molecule is CCCCCCOCCO.[CaH2]. The van der Waals surface area contributed by atoms with Crippen molar-refractivity contribution in [3.8, 4) is 0 Å². The molecule has 0 amide bonds. The summed E-state index contributed by atoms with van der Waals surface area (Å²) in [7, 11) is 0. The van der Waals surface area contributed by atoms with E-state index in [1.807, 2.05) is 0 Å². The van der Waals surface area contributed by atoms with Crippen molar-refractivity contribution in [2.75, 3.05) is 19.8 Å². The van der Waals surface area contributed by atoms with E-state index < -0.39 is 0 Å². The van der Waals surface area contributed by atoms with Gasteiger partial charge in [0, 0.05) is 6.61 Å². The zero-order chi connectivity index (χ0) is 7.66. The Morgan fingerprint density at radius 3 is 2.36 bits per heavy atom. The van der Waals surface area contributed by atoms with E-state index in [0.717, 1.165) is 13.0 Å². The Bertz CT molecular complexity index is 52.1. The minimum absolute atomic E-state index is 0. The van der Waals surface area contributed by atoms with Gasteiger partial charge in [0.2, 0.25) is 0 Å². The van der Waals surface area contributed by atoms with Crippen molar-refractivity contribution in [2.24, 2.45) is 0 Å². The number of aliphatic hydroxyl groups is 1. The van der Waals surface area contributed by atoms with E-state index in [-0.39, 0.29) is 44.3 Å². The summed E-state index contributed by atoms with van der Waals surface area (Å²) in [5, 5.41) is 8.34. The zero-order valence-corrected chi connectivity index (χ0v) is 6.81. The Morgan fingerprint density at radius 1 is 1.09 bits per heavy atom. The van der Waals surface area contributed by atoms with Crippen molar-refractivity contribution in [1.82, 2.24) is 0 Å². The van der Waals surface area contributed by atoms with Gasteiger partial charge in [0.05, 0.1) is 13.2 Å². The van der Waals surface area contributed by atoms with Crippen molar-refractivity contribution in [1.29, 1.82) is 0 Å². The third-order valence-electron chi connectivity index (χ3n) is 1.38. The predicted octanol–water partition coefficient (Wildman–Crippen LogP) is 0.659. The van der Waals surface area contributed by atoms with E-state index in [9.17, 15) is 0 Å². The van der Waals surface area contributed by atoms with Gasteiger partial charge in [-0.05, 0) is 6.42 Å². The molecule has 0 aliphatic heterocycles. The Kier molecular flexibility index (Phi) is 18.4. The van der Waals surface area contributed by atoms with Gasteiger partial charge in [-0.2, -0.15) is 0 Å². The molecule has 2 nitrogen and oxygen atoms in total. The maximum absolute atomic E-state index is 8.34. The van der Waals surface area contributed by atoms with Crippen LogP contribution in [0.3, 0.4) is 0 Å². The molecule has 0 saturated heterocycles. The van der Waals surface area contributed by atoms with Gasteiger partial charge in [0.1, 0.15) is 0 Å². The molecule has 0 atom stereocenters. The van der Waals surface area contributed by atoms with E-state index in [1.165, 1.54) is 19.3 Å². The summed E-state index contributed by atoms with van der Waals surface area (Å²) >= 11 is 0. The van der Waals surface area contributed by atoms with Crippen LogP contribution in [0, 0.1) is 0 Å². The number of rotatable bonds is 7. The molecule has 0 rings (SSSR count). The van der Waals surface area contributed by atoms with Crippen LogP contribution in [0.5, 0.6) is 0 Å². The molecule has 0 aliphatic carbocycles. The first-order chi connectivity index (χ1) is 4.91. The van der Waals surface area contributed by atoms with Crippen LogP contribution in [-0.4, -0.2) is 62.7 Å². The number of hydrogen-bond acceptors (Lipinski definition) is 2. The molecule has 0 heterocycles. The first-order valence-electron chi connectivity index (χ1n) is 4.10. The van der Waals surface area contributed by atoms with Gasteiger partial charge >= 0.3 is 37.7 Å². The van der Waals surface area contributed by atoms with Crippen LogP contribution < -0.4 is 0 Å². The number of ether oxygens (including phenoxy) is 1. The minimum atomic E-state index is 0. The summed E-state index contributed by atoms with van der Waals surface area (Å²) in [5.41, 5.74) is 0. The van der Waals surface area contributed by atoms with Gasteiger partial charge in [-0.1, -0.05) is 26.2 Å². The number of unbranched alkanes of at least 4 members (excludes halogenated alkanes) is 3. The fourth-order valence-electron chi connectivity index (χ4n) is 0.798. The Hall–Kier alpha value is 1.18.